The van der Waals surface area contributed by atoms with E-state index in [1.807, 2.05) is 61.7 Å². The molecule has 1 aromatic carbocycles. The van der Waals surface area contributed by atoms with E-state index in [2.05, 4.69) is 37.3 Å². The second kappa shape index (κ2) is 11.2. The minimum Gasteiger partial charge on any atom is -0.494 e. The van der Waals surface area contributed by atoms with Crippen molar-refractivity contribution in [3.05, 3.63) is 100 Å². The number of aromatic amines is 1. The molecule has 0 spiro atoms. The van der Waals surface area contributed by atoms with Crippen LogP contribution in [0.25, 0.3) is 10.9 Å². The van der Waals surface area contributed by atoms with Gasteiger partial charge in [0.1, 0.15) is 18.1 Å². The van der Waals surface area contributed by atoms with Crippen molar-refractivity contribution in [3.8, 4) is 5.75 Å². The number of pyridine rings is 2. The van der Waals surface area contributed by atoms with Crippen molar-refractivity contribution >= 4 is 10.9 Å². The molecule has 0 fully saturated rings. The first kappa shape index (κ1) is 24.4. The smallest absolute Gasteiger partial charge is 0.252 e. The van der Waals surface area contributed by atoms with Gasteiger partial charge in [0.15, 0.2) is 5.82 Å². The van der Waals surface area contributed by atoms with Gasteiger partial charge in [-0.15, -0.1) is 5.10 Å². The van der Waals surface area contributed by atoms with Gasteiger partial charge < -0.3 is 14.1 Å². The first-order valence-corrected chi connectivity index (χ1v) is 12.3. The first-order chi connectivity index (χ1) is 18.1. The summed E-state index contributed by atoms with van der Waals surface area (Å²) in [6.07, 6.45) is 5.96. The highest BCUT2D eigenvalue weighted by atomic mass is 16.5. The van der Waals surface area contributed by atoms with E-state index in [1.54, 1.807) is 17.1 Å². The van der Waals surface area contributed by atoms with E-state index in [4.69, 9.17) is 9.15 Å². The molecule has 10 nitrogen and oxygen atoms in total. The lowest BCUT2D eigenvalue weighted by Crippen LogP contribution is -2.32. The average molecular weight is 500 g/mol. The second-order valence-corrected chi connectivity index (χ2v) is 8.77. The molecule has 0 aliphatic carbocycles. The van der Waals surface area contributed by atoms with Gasteiger partial charge in [-0.25, -0.2) is 4.68 Å². The van der Waals surface area contributed by atoms with Crippen LogP contribution < -0.4 is 10.3 Å². The quantitative estimate of drug-likeness (QED) is 0.289. The Morgan fingerprint density at radius 2 is 2.05 bits per heavy atom. The molecule has 0 radical (unpaired) electrons. The van der Waals surface area contributed by atoms with E-state index < -0.39 is 0 Å². The number of hydrogen-bond acceptors (Lipinski definition) is 8. The zero-order valence-electron chi connectivity index (χ0n) is 20.9. The van der Waals surface area contributed by atoms with Gasteiger partial charge in [0.2, 0.25) is 0 Å². The minimum absolute atomic E-state index is 0.127. The Labute approximate surface area is 213 Å². The van der Waals surface area contributed by atoms with Crippen molar-refractivity contribution in [1.29, 1.82) is 0 Å². The van der Waals surface area contributed by atoms with Crippen molar-refractivity contribution in [2.75, 3.05) is 6.61 Å². The first-order valence-electron chi connectivity index (χ1n) is 12.3. The Balaban J connectivity index is 1.51. The number of tetrazole rings is 1. The largest absolute Gasteiger partial charge is 0.494 e. The number of H-pyrrole nitrogens is 1. The van der Waals surface area contributed by atoms with Crippen LogP contribution in [-0.2, 0) is 19.6 Å². The Morgan fingerprint density at radius 3 is 2.81 bits per heavy atom. The van der Waals surface area contributed by atoms with Gasteiger partial charge >= 0.3 is 0 Å². The van der Waals surface area contributed by atoms with Crippen LogP contribution >= 0.6 is 0 Å². The normalized spacial score (nSPS) is 12.3. The molecular formula is C27H29N7O3. The molecule has 1 N–H and O–H groups in total. The molecule has 0 bridgehead atoms. The van der Waals surface area contributed by atoms with E-state index in [1.165, 1.54) is 0 Å². The highest BCUT2D eigenvalue weighted by Gasteiger charge is 2.26. The standard InChI is InChI=1S/C27H29N7O3/c1-3-25(26-30-31-32-34(26)18-23-8-6-12-37-23)33(16-19-7-5-11-28-15-19)17-21-13-20-14-22(36-4-2)9-10-24(20)29-27(21)35/h5-15,25H,3-4,16-18H2,1-2H3,(H,29,35)/t25-/m0/s1. The lowest BCUT2D eigenvalue weighted by Gasteiger charge is -2.30. The van der Waals surface area contributed by atoms with Crippen LogP contribution in [0.1, 0.15) is 49.0 Å². The minimum atomic E-state index is -0.157. The predicted octanol–water partition coefficient (Wildman–Crippen LogP) is 4.10. The molecule has 10 heteroatoms. The number of rotatable bonds is 11. The Kier molecular flexibility index (Phi) is 7.36. The lowest BCUT2D eigenvalue weighted by molar-refractivity contribution is 0.160. The summed E-state index contributed by atoms with van der Waals surface area (Å²) in [5.41, 5.74) is 2.32. The SMILES string of the molecule is CCOc1ccc2[nH]c(=O)c(CN(Cc3cccnc3)[C@@H](CC)c3nnnn3Cc3ccco3)cc2c1. The van der Waals surface area contributed by atoms with Crippen molar-refractivity contribution < 1.29 is 9.15 Å². The summed E-state index contributed by atoms with van der Waals surface area (Å²) in [5, 5.41) is 13.5. The van der Waals surface area contributed by atoms with Crippen molar-refractivity contribution in [2.45, 2.75) is 45.9 Å². The monoisotopic (exact) mass is 499 g/mol. The van der Waals surface area contributed by atoms with Gasteiger partial charge in [-0.2, -0.15) is 0 Å². The maximum absolute atomic E-state index is 13.1. The molecule has 1 atom stereocenters. The molecule has 4 heterocycles. The van der Waals surface area contributed by atoms with Gasteiger partial charge in [0.05, 0.1) is 18.9 Å². The predicted molar refractivity (Wildman–Crippen MR) is 138 cm³/mol. The molecule has 37 heavy (non-hydrogen) atoms. The van der Waals surface area contributed by atoms with Crippen LogP contribution in [0.5, 0.6) is 5.75 Å². The molecule has 5 rings (SSSR count). The summed E-state index contributed by atoms with van der Waals surface area (Å²) in [6.45, 7) is 5.99. The fourth-order valence-electron chi connectivity index (χ4n) is 4.54. The number of furan rings is 1. The van der Waals surface area contributed by atoms with Crippen molar-refractivity contribution in [2.24, 2.45) is 0 Å². The molecule has 0 saturated heterocycles. The number of fused-ring (bicyclic) bond motifs is 1. The topological polar surface area (TPSA) is 115 Å². The third kappa shape index (κ3) is 5.59. The van der Waals surface area contributed by atoms with Gasteiger partial charge in [-0.3, -0.25) is 14.7 Å². The van der Waals surface area contributed by atoms with E-state index in [0.29, 0.717) is 37.6 Å². The lowest BCUT2D eigenvalue weighted by atomic mass is 10.1. The number of nitrogens with one attached hydrogen (secondary N) is 1. The number of aromatic nitrogens is 6. The highest BCUT2D eigenvalue weighted by molar-refractivity contribution is 5.80. The maximum Gasteiger partial charge on any atom is 0.252 e. The Morgan fingerprint density at radius 1 is 1.14 bits per heavy atom. The number of ether oxygens (including phenoxy) is 1. The fourth-order valence-corrected chi connectivity index (χ4v) is 4.54. The molecule has 0 saturated carbocycles. The molecule has 0 aliphatic rings. The maximum atomic E-state index is 13.1. The highest BCUT2D eigenvalue weighted by Crippen LogP contribution is 2.27. The molecule has 0 unspecified atom stereocenters. The summed E-state index contributed by atoms with van der Waals surface area (Å²) in [4.78, 5) is 22.6. The Bertz CT molecular complexity index is 1500. The third-order valence-corrected chi connectivity index (χ3v) is 6.26. The molecule has 190 valence electrons. The van der Waals surface area contributed by atoms with E-state index >= 15 is 0 Å². The zero-order chi connectivity index (χ0) is 25.6. The molecule has 0 amide bonds. The number of nitrogens with zero attached hydrogens (tertiary/aromatic N) is 6. The van der Waals surface area contributed by atoms with Crippen LogP contribution in [0.4, 0.5) is 0 Å². The van der Waals surface area contributed by atoms with Gasteiger partial charge in [0.25, 0.3) is 5.56 Å². The second-order valence-electron chi connectivity index (χ2n) is 8.77. The van der Waals surface area contributed by atoms with Crippen LogP contribution in [0.2, 0.25) is 0 Å². The molecule has 5 aromatic rings. The molecule has 0 aliphatic heterocycles. The summed E-state index contributed by atoms with van der Waals surface area (Å²) < 4.78 is 12.9. The molecular weight excluding hydrogens is 470 g/mol. The van der Waals surface area contributed by atoms with Crippen LogP contribution in [0, 0.1) is 0 Å². The molecule has 4 aromatic heterocycles. The van der Waals surface area contributed by atoms with Gasteiger partial charge in [0, 0.05) is 41.9 Å². The van der Waals surface area contributed by atoms with Crippen molar-refractivity contribution in [1.82, 2.24) is 35.1 Å². The summed E-state index contributed by atoms with van der Waals surface area (Å²) in [6, 6.07) is 15.1. The van der Waals surface area contributed by atoms with Gasteiger partial charge in [-0.05, 0) is 71.8 Å². The zero-order valence-corrected chi connectivity index (χ0v) is 20.9. The summed E-state index contributed by atoms with van der Waals surface area (Å²) in [5.74, 6) is 2.24. The third-order valence-electron chi connectivity index (χ3n) is 6.26. The van der Waals surface area contributed by atoms with Crippen LogP contribution in [-0.4, -0.2) is 41.7 Å². The average Bonchev–Trinajstić information content (AvgIpc) is 3.59. The van der Waals surface area contributed by atoms with Crippen LogP contribution in [0.3, 0.4) is 0 Å². The number of hydrogen-bond donors (Lipinski definition) is 1. The van der Waals surface area contributed by atoms with Crippen LogP contribution in [0.15, 0.2) is 76.4 Å². The van der Waals surface area contributed by atoms with E-state index in [9.17, 15) is 4.79 Å². The summed E-state index contributed by atoms with van der Waals surface area (Å²) in [7, 11) is 0. The summed E-state index contributed by atoms with van der Waals surface area (Å²) >= 11 is 0. The Hall–Kier alpha value is -4.31. The van der Waals surface area contributed by atoms with Crippen molar-refractivity contribution in [3.63, 3.8) is 0 Å². The van der Waals surface area contributed by atoms with Gasteiger partial charge in [-0.1, -0.05) is 13.0 Å². The number of benzene rings is 1. The fraction of sp³-hybridized carbons (Fsp3) is 0.296. The van der Waals surface area contributed by atoms with E-state index in [0.717, 1.165) is 34.4 Å². The van der Waals surface area contributed by atoms with E-state index in [-0.39, 0.29) is 11.6 Å².